The molecule has 1 N–H and O–H groups in total. The molecule has 1 amide bonds. The summed E-state index contributed by atoms with van der Waals surface area (Å²) in [5.41, 5.74) is 5.39. The van der Waals surface area contributed by atoms with Crippen molar-refractivity contribution in [2.75, 3.05) is 20.3 Å². The van der Waals surface area contributed by atoms with Gasteiger partial charge in [0.05, 0.1) is 19.9 Å². The van der Waals surface area contributed by atoms with Gasteiger partial charge in [-0.3, -0.25) is 4.79 Å². The third kappa shape index (κ3) is 5.81. The summed E-state index contributed by atoms with van der Waals surface area (Å²) < 4.78 is 16.2. The van der Waals surface area contributed by atoms with Gasteiger partial charge in [-0.15, -0.1) is 0 Å². The first-order chi connectivity index (χ1) is 12.5. The number of aryl methyl sites for hydroxylation is 2. The minimum atomic E-state index is -0.335. The summed E-state index contributed by atoms with van der Waals surface area (Å²) in [5.74, 6) is 1.61. The van der Waals surface area contributed by atoms with Crippen LogP contribution in [0.4, 0.5) is 0 Å². The minimum absolute atomic E-state index is 0.104. The standard InChI is InChI=1S/C20H24N2O4/c1-5-25-18-7-6-16(11-19(18)24-4)12-21-22-20(23)13-26-17-9-14(2)8-15(3)10-17/h6-12H,5,13H2,1-4H3,(H,22,23). The number of amides is 1. The predicted molar refractivity (Wildman–Crippen MR) is 101 cm³/mol. The molecule has 0 aliphatic heterocycles. The Kier molecular flexibility index (Phi) is 7.02. The molecule has 0 spiro atoms. The van der Waals surface area contributed by atoms with Gasteiger partial charge in [-0.2, -0.15) is 5.10 Å². The summed E-state index contributed by atoms with van der Waals surface area (Å²) >= 11 is 0. The highest BCUT2D eigenvalue weighted by Gasteiger charge is 2.05. The largest absolute Gasteiger partial charge is 0.493 e. The van der Waals surface area contributed by atoms with Gasteiger partial charge in [0.1, 0.15) is 5.75 Å². The summed E-state index contributed by atoms with van der Waals surface area (Å²) in [6.07, 6.45) is 1.53. The van der Waals surface area contributed by atoms with Crippen molar-refractivity contribution in [2.24, 2.45) is 5.10 Å². The average Bonchev–Trinajstić information content (AvgIpc) is 2.60. The zero-order valence-corrected chi connectivity index (χ0v) is 15.5. The summed E-state index contributed by atoms with van der Waals surface area (Å²) in [6.45, 7) is 6.32. The Morgan fingerprint density at radius 3 is 2.46 bits per heavy atom. The maximum Gasteiger partial charge on any atom is 0.277 e. The van der Waals surface area contributed by atoms with Crippen LogP contribution < -0.4 is 19.6 Å². The number of hydrogen-bond donors (Lipinski definition) is 1. The van der Waals surface area contributed by atoms with Gasteiger partial charge >= 0.3 is 0 Å². The maximum absolute atomic E-state index is 11.8. The van der Waals surface area contributed by atoms with E-state index in [9.17, 15) is 4.79 Å². The Bertz CT molecular complexity index is 767. The first-order valence-electron chi connectivity index (χ1n) is 8.35. The molecule has 6 heteroatoms. The second-order valence-electron chi connectivity index (χ2n) is 5.75. The normalized spacial score (nSPS) is 10.6. The molecule has 0 fully saturated rings. The van der Waals surface area contributed by atoms with Gasteiger partial charge in [-0.1, -0.05) is 6.07 Å². The van der Waals surface area contributed by atoms with Crippen molar-refractivity contribution in [2.45, 2.75) is 20.8 Å². The Morgan fingerprint density at radius 2 is 1.81 bits per heavy atom. The molecule has 2 aromatic rings. The average molecular weight is 356 g/mol. The van der Waals surface area contributed by atoms with Gasteiger partial charge in [0.25, 0.3) is 5.91 Å². The van der Waals surface area contributed by atoms with E-state index in [0.29, 0.717) is 23.9 Å². The van der Waals surface area contributed by atoms with Crippen LogP contribution in [0.25, 0.3) is 0 Å². The lowest BCUT2D eigenvalue weighted by molar-refractivity contribution is -0.123. The van der Waals surface area contributed by atoms with E-state index in [2.05, 4.69) is 10.5 Å². The van der Waals surface area contributed by atoms with Crippen molar-refractivity contribution in [3.05, 3.63) is 53.1 Å². The number of carbonyl (C=O) groups excluding carboxylic acids is 1. The fourth-order valence-electron chi connectivity index (χ4n) is 2.42. The first-order valence-corrected chi connectivity index (χ1v) is 8.35. The number of rotatable bonds is 8. The van der Waals surface area contributed by atoms with Crippen molar-refractivity contribution in [1.82, 2.24) is 5.43 Å². The predicted octanol–water partition coefficient (Wildman–Crippen LogP) is 3.24. The molecule has 0 radical (unpaired) electrons. The Labute approximate surface area is 153 Å². The molecule has 0 heterocycles. The number of hydrogen-bond acceptors (Lipinski definition) is 5. The molecule has 0 aliphatic rings. The molecule has 0 aromatic heterocycles. The smallest absolute Gasteiger partial charge is 0.277 e. The maximum atomic E-state index is 11.8. The van der Waals surface area contributed by atoms with Crippen LogP contribution in [0.2, 0.25) is 0 Å². The van der Waals surface area contributed by atoms with Gasteiger partial charge in [0.15, 0.2) is 18.1 Å². The fraction of sp³-hybridized carbons (Fsp3) is 0.300. The zero-order valence-electron chi connectivity index (χ0n) is 15.5. The topological polar surface area (TPSA) is 69.2 Å². The van der Waals surface area contributed by atoms with Crippen LogP contribution >= 0.6 is 0 Å². The van der Waals surface area contributed by atoms with E-state index < -0.39 is 0 Å². The molecule has 6 nitrogen and oxygen atoms in total. The van der Waals surface area contributed by atoms with Gasteiger partial charge in [0, 0.05) is 0 Å². The van der Waals surface area contributed by atoms with Gasteiger partial charge in [-0.25, -0.2) is 5.43 Å². The second-order valence-corrected chi connectivity index (χ2v) is 5.75. The van der Waals surface area contributed by atoms with Crippen LogP contribution in [-0.2, 0) is 4.79 Å². The Hall–Kier alpha value is -3.02. The number of nitrogens with zero attached hydrogens (tertiary/aromatic N) is 1. The van der Waals surface area contributed by atoms with Crippen LogP contribution in [0.15, 0.2) is 41.5 Å². The molecular formula is C20H24N2O4. The van der Waals surface area contributed by atoms with E-state index in [1.54, 1.807) is 19.2 Å². The fourth-order valence-corrected chi connectivity index (χ4v) is 2.42. The number of benzene rings is 2. The van der Waals surface area contributed by atoms with Crippen molar-refractivity contribution in [3.8, 4) is 17.2 Å². The molecule has 2 aromatic carbocycles. The van der Waals surface area contributed by atoms with Crippen LogP contribution in [0.5, 0.6) is 17.2 Å². The molecule has 0 unspecified atom stereocenters. The molecule has 0 aliphatic carbocycles. The molecule has 0 saturated heterocycles. The first kappa shape index (κ1) is 19.3. The third-order valence-electron chi connectivity index (χ3n) is 3.46. The van der Waals surface area contributed by atoms with E-state index >= 15 is 0 Å². The van der Waals surface area contributed by atoms with E-state index in [1.807, 2.05) is 45.0 Å². The number of nitrogens with one attached hydrogen (secondary N) is 1. The van der Waals surface area contributed by atoms with Crippen LogP contribution in [0, 0.1) is 13.8 Å². The summed E-state index contributed by atoms with van der Waals surface area (Å²) in [7, 11) is 1.57. The Balaban J connectivity index is 1.88. The number of ether oxygens (including phenoxy) is 3. The lowest BCUT2D eigenvalue weighted by Crippen LogP contribution is -2.24. The van der Waals surface area contributed by atoms with Crippen LogP contribution in [0.1, 0.15) is 23.6 Å². The van der Waals surface area contributed by atoms with E-state index in [1.165, 1.54) is 6.21 Å². The molecule has 0 bridgehead atoms. The SMILES string of the molecule is CCOc1ccc(C=NNC(=O)COc2cc(C)cc(C)c2)cc1OC. The summed E-state index contributed by atoms with van der Waals surface area (Å²) in [6, 6.07) is 11.2. The number of methoxy groups -OCH3 is 1. The summed E-state index contributed by atoms with van der Waals surface area (Å²) in [5, 5.41) is 3.94. The highest BCUT2D eigenvalue weighted by Crippen LogP contribution is 2.27. The lowest BCUT2D eigenvalue weighted by Gasteiger charge is -2.09. The van der Waals surface area contributed by atoms with Gasteiger partial charge in [-0.05, 0) is 67.8 Å². The second kappa shape index (κ2) is 9.46. The van der Waals surface area contributed by atoms with Crippen LogP contribution in [-0.4, -0.2) is 32.4 Å². The monoisotopic (exact) mass is 356 g/mol. The molecule has 0 saturated carbocycles. The van der Waals surface area contributed by atoms with E-state index in [0.717, 1.165) is 16.7 Å². The molecule has 26 heavy (non-hydrogen) atoms. The van der Waals surface area contributed by atoms with Crippen molar-refractivity contribution < 1.29 is 19.0 Å². The van der Waals surface area contributed by atoms with Crippen molar-refractivity contribution in [3.63, 3.8) is 0 Å². The van der Waals surface area contributed by atoms with Crippen LogP contribution in [0.3, 0.4) is 0 Å². The van der Waals surface area contributed by atoms with Crippen molar-refractivity contribution >= 4 is 12.1 Å². The molecule has 0 atom stereocenters. The molecule has 138 valence electrons. The highest BCUT2D eigenvalue weighted by molar-refractivity contribution is 5.83. The van der Waals surface area contributed by atoms with E-state index in [-0.39, 0.29) is 12.5 Å². The quantitative estimate of drug-likeness (QED) is 0.582. The molecule has 2 rings (SSSR count). The molecular weight excluding hydrogens is 332 g/mol. The minimum Gasteiger partial charge on any atom is -0.493 e. The van der Waals surface area contributed by atoms with Gasteiger partial charge in [0.2, 0.25) is 0 Å². The Morgan fingerprint density at radius 1 is 1.08 bits per heavy atom. The van der Waals surface area contributed by atoms with Crippen molar-refractivity contribution in [1.29, 1.82) is 0 Å². The number of hydrazone groups is 1. The number of carbonyl (C=O) groups is 1. The van der Waals surface area contributed by atoms with Gasteiger partial charge < -0.3 is 14.2 Å². The lowest BCUT2D eigenvalue weighted by atomic mass is 10.1. The third-order valence-corrected chi connectivity index (χ3v) is 3.46. The van der Waals surface area contributed by atoms with E-state index in [4.69, 9.17) is 14.2 Å². The zero-order chi connectivity index (χ0) is 18.9. The summed E-state index contributed by atoms with van der Waals surface area (Å²) in [4.78, 5) is 11.8. The highest BCUT2D eigenvalue weighted by atomic mass is 16.5.